The van der Waals surface area contributed by atoms with Gasteiger partial charge in [0.15, 0.2) is 11.5 Å². The van der Waals surface area contributed by atoms with E-state index in [-0.39, 0.29) is 17.4 Å². The fraction of sp³-hybridized carbons (Fsp3) is 0.353. The van der Waals surface area contributed by atoms with Gasteiger partial charge in [-0.2, -0.15) is 0 Å². The monoisotopic (exact) mass is 570 g/mol. The Labute approximate surface area is 247 Å². The number of nitrogens with zero attached hydrogens (tertiary/aromatic N) is 2. The molecule has 2 aliphatic heterocycles. The number of likely N-dealkylation sites (N-methyl/N-ethyl adjacent to an activating group) is 1. The van der Waals surface area contributed by atoms with Crippen molar-refractivity contribution in [1.29, 1.82) is 0 Å². The molecular formula is C34H38N2O6. The quantitative estimate of drug-likeness (QED) is 0.189. The highest BCUT2D eigenvalue weighted by Crippen LogP contribution is 2.43. The number of fused-ring (bicyclic) bond motifs is 1. The molecule has 0 spiro atoms. The minimum absolute atomic E-state index is 0.0399. The number of aliphatic hydroxyl groups excluding tert-OH is 1. The number of ketones is 1. The summed E-state index contributed by atoms with van der Waals surface area (Å²) in [6.45, 7) is 9.04. The molecule has 220 valence electrons. The summed E-state index contributed by atoms with van der Waals surface area (Å²) in [6, 6.07) is 19.8. The van der Waals surface area contributed by atoms with Crippen molar-refractivity contribution in [2.75, 3.05) is 33.3 Å². The van der Waals surface area contributed by atoms with E-state index in [0.717, 1.165) is 30.0 Å². The molecule has 3 aromatic carbocycles. The predicted molar refractivity (Wildman–Crippen MR) is 161 cm³/mol. The molecule has 8 nitrogen and oxygen atoms in total. The normalized spacial score (nSPS) is 19.2. The number of benzene rings is 3. The molecule has 0 saturated carbocycles. The maximum Gasteiger partial charge on any atom is 0.295 e. The first-order chi connectivity index (χ1) is 20.3. The van der Waals surface area contributed by atoms with E-state index in [0.29, 0.717) is 48.7 Å². The number of methoxy groups -OCH3 is 1. The van der Waals surface area contributed by atoms with Crippen molar-refractivity contribution >= 4 is 17.4 Å². The summed E-state index contributed by atoms with van der Waals surface area (Å²) < 4.78 is 17.5. The van der Waals surface area contributed by atoms with E-state index in [1.54, 1.807) is 36.3 Å². The number of aliphatic hydroxyl groups is 1. The van der Waals surface area contributed by atoms with Gasteiger partial charge in [0.25, 0.3) is 11.7 Å². The lowest BCUT2D eigenvalue weighted by Gasteiger charge is -2.28. The molecule has 1 fully saturated rings. The first-order valence-corrected chi connectivity index (χ1v) is 14.5. The van der Waals surface area contributed by atoms with Gasteiger partial charge in [-0.3, -0.25) is 9.59 Å². The average molecular weight is 571 g/mol. The van der Waals surface area contributed by atoms with E-state index in [1.807, 2.05) is 49.4 Å². The van der Waals surface area contributed by atoms with E-state index in [4.69, 9.17) is 14.2 Å². The molecule has 0 bridgehead atoms. The van der Waals surface area contributed by atoms with Gasteiger partial charge in [0.2, 0.25) is 0 Å². The molecule has 0 aromatic heterocycles. The number of ether oxygens (including phenoxy) is 3. The third-order valence-electron chi connectivity index (χ3n) is 8.00. The molecule has 1 N–H and O–H groups in total. The molecule has 1 amide bonds. The lowest BCUT2D eigenvalue weighted by molar-refractivity contribution is -0.140. The number of Topliss-reactive ketones (excluding diaryl/α,β-unsaturated/α-hetero) is 1. The molecule has 2 heterocycles. The highest BCUT2D eigenvalue weighted by atomic mass is 16.5. The van der Waals surface area contributed by atoms with Crippen molar-refractivity contribution < 1.29 is 28.9 Å². The third-order valence-corrected chi connectivity index (χ3v) is 8.00. The number of hydrogen-bond donors (Lipinski definition) is 1. The fourth-order valence-electron chi connectivity index (χ4n) is 5.68. The Hall–Kier alpha value is -4.30. The van der Waals surface area contributed by atoms with Crippen LogP contribution < -0.4 is 14.2 Å². The van der Waals surface area contributed by atoms with Crippen molar-refractivity contribution in [1.82, 2.24) is 9.80 Å². The molecule has 1 saturated heterocycles. The summed E-state index contributed by atoms with van der Waals surface area (Å²) >= 11 is 0. The van der Waals surface area contributed by atoms with E-state index in [9.17, 15) is 14.7 Å². The van der Waals surface area contributed by atoms with Crippen LogP contribution in [0.25, 0.3) is 5.76 Å². The van der Waals surface area contributed by atoms with Crippen LogP contribution in [0.15, 0.2) is 72.3 Å². The Kier molecular flexibility index (Phi) is 8.83. The summed E-state index contributed by atoms with van der Waals surface area (Å²) in [5.74, 6) is 0.251. The molecule has 0 unspecified atom stereocenters. The molecule has 0 aliphatic carbocycles. The zero-order valence-electron chi connectivity index (χ0n) is 24.6. The summed E-state index contributed by atoms with van der Waals surface area (Å²) in [4.78, 5) is 30.8. The van der Waals surface area contributed by atoms with Gasteiger partial charge in [0.1, 0.15) is 24.2 Å². The lowest BCUT2D eigenvalue weighted by Crippen LogP contribution is -2.38. The first-order valence-electron chi connectivity index (χ1n) is 14.5. The largest absolute Gasteiger partial charge is 0.507 e. The van der Waals surface area contributed by atoms with E-state index < -0.39 is 17.7 Å². The second-order valence-electron chi connectivity index (χ2n) is 10.7. The van der Waals surface area contributed by atoms with Crippen LogP contribution in [0, 0.1) is 0 Å². The van der Waals surface area contributed by atoms with Crippen LogP contribution in [0.2, 0.25) is 0 Å². The van der Waals surface area contributed by atoms with Gasteiger partial charge in [-0.25, -0.2) is 0 Å². The minimum Gasteiger partial charge on any atom is -0.507 e. The number of hydrogen-bond acceptors (Lipinski definition) is 7. The van der Waals surface area contributed by atoms with Gasteiger partial charge in [-0.05, 0) is 67.0 Å². The van der Waals surface area contributed by atoms with Gasteiger partial charge < -0.3 is 29.1 Å². The van der Waals surface area contributed by atoms with Crippen LogP contribution in [0.1, 0.15) is 49.1 Å². The number of amides is 1. The van der Waals surface area contributed by atoms with Crippen LogP contribution >= 0.6 is 0 Å². The van der Waals surface area contributed by atoms with Crippen molar-refractivity contribution in [3.8, 4) is 17.2 Å². The van der Waals surface area contributed by atoms with Gasteiger partial charge in [-0.1, -0.05) is 50.2 Å². The summed E-state index contributed by atoms with van der Waals surface area (Å²) in [5, 5.41) is 11.6. The van der Waals surface area contributed by atoms with Crippen LogP contribution in [0.5, 0.6) is 17.2 Å². The average Bonchev–Trinajstić information content (AvgIpc) is 3.51. The van der Waals surface area contributed by atoms with Gasteiger partial charge in [0, 0.05) is 25.1 Å². The highest BCUT2D eigenvalue weighted by Gasteiger charge is 2.46. The number of rotatable bonds is 11. The third kappa shape index (κ3) is 5.85. The summed E-state index contributed by atoms with van der Waals surface area (Å²) in [6.07, 6.45) is 0.748. The second-order valence-corrected chi connectivity index (χ2v) is 10.7. The van der Waals surface area contributed by atoms with Gasteiger partial charge in [-0.15, -0.1) is 0 Å². The van der Waals surface area contributed by atoms with Crippen molar-refractivity contribution in [2.24, 2.45) is 0 Å². The van der Waals surface area contributed by atoms with Crippen LogP contribution in [-0.4, -0.2) is 66.0 Å². The van der Waals surface area contributed by atoms with Crippen LogP contribution in [0.3, 0.4) is 0 Å². The number of carbonyl (C=O) groups is 2. The number of likely N-dealkylation sites (tertiary alicyclic amines) is 1. The standard InChI is InChI=1S/C34H38N2O6/c1-5-35(6-2)16-17-36-31(24-12-15-28(29(20-24)40-4)41-21-23-10-8-7-9-11-23)30(33(38)34(36)39)32(37)25-13-14-27-26(19-25)18-22(3)42-27/h7-15,19-20,22,31,37H,5-6,16-18,21H2,1-4H3/t22-,31+/m1/s1. The summed E-state index contributed by atoms with van der Waals surface area (Å²) in [7, 11) is 1.55. The van der Waals surface area contributed by atoms with E-state index >= 15 is 0 Å². The van der Waals surface area contributed by atoms with Gasteiger partial charge in [0.05, 0.1) is 18.7 Å². The minimum atomic E-state index is -0.791. The Morgan fingerprint density at radius 3 is 2.50 bits per heavy atom. The maximum atomic E-state index is 13.6. The Morgan fingerprint density at radius 1 is 1.02 bits per heavy atom. The van der Waals surface area contributed by atoms with E-state index in [2.05, 4.69) is 18.7 Å². The fourth-order valence-corrected chi connectivity index (χ4v) is 5.68. The van der Waals surface area contributed by atoms with Crippen LogP contribution in [0.4, 0.5) is 0 Å². The molecule has 5 rings (SSSR count). The summed E-state index contributed by atoms with van der Waals surface area (Å²) in [5.41, 5.74) is 3.17. The predicted octanol–water partition coefficient (Wildman–Crippen LogP) is 5.36. The lowest BCUT2D eigenvalue weighted by atomic mass is 9.94. The Balaban J connectivity index is 1.54. The Morgan fingerprint density at radius 2 is 1.79 bits per heavy atom. The SMILES string of the molecule is CCN(CC)CCN1C(=O)C(=O)C(=C(O)c2ccc3c(c2)C[C@@H](C)O3)[C@@H]1c1ccc(OCc2ccccc2)c(OC)c1. The molecule has 0 radical (unpaired) electrons. The van der Waals surface area contributed by atoms with Crippen LogP contribution in [-0.2, 0) is 22.6 Å². The topological polar surface area (TPSA) is 88.5 Å². The van der Waals surface area contributed by atoms with Gasteiger partial charge >= 0.3 is 0 Å². The first kappa shape index (κ1) is 29.2. The number of carbonyl (C=O) groups excluding carboxylic acids is 2. The molecule has 2 atom stereocenters. The van der Waals surface area contributed by atoms with Crippen molar-refractivity contribution in [3.63, 3.8) is 0 Å². The molecule has 3 aromatic rings. The highest BCUT2D eigenvalue weighted by molar-refractivity contribution is 6.46. The molecule has 2 aliphatic rings. The molecule has 8 heteroatoms. The Bertz CT molecular complexity index is 1480. The maximum absolute atomic E-state index is 13.6. The smallest absolute Gasteiger partial charge is 0.295 e. The molecule has 42 heavy (non-hydrogen) atoms. The van der Waals surface area contributed by atoms with Crippen molar-refractivity contribution in [2.45, 2.75) is 45.9 Å². The second kappa shape index (κ2) is 12.7. The molecular weight excluding hydrogens is 532 g/mol. The zero-order valence-corrected chi connectivity index (χ0v) is 24.6. The van der Waals surface area contributed by atoms with E-state index in [1.165, 1.54) is 0 Å². The zero-order chi connectivity index (χ0) is 29.8. The van der Waals surface area contributed by atoms with Crippen molar-refractivity contribution in [3.05, 3.63) is 94.6 Å².